The molecule has 0 spiro atoms. The normalized spacial score (nSPS) is 15.0. The number of nitrogens with one attached hydrogen (secondary N) is 1. The molecular weight excluding hydrogens is 330 g/mol. The number of hydrogen-bond acceptors (Lipinski definition) is 7. The molecule has 1 fully saturated rings. The summed E-state index contributed by atoms with van der Waals surface area (Å²) in [6, 6.07) is 5.97. The van der Waals surface area contributed by atoms with Crippen LogP contribution in [0, 0.1) is 13.8 Å². The molecule has 1 saturated heterocycles. The van der Waals surface area contributed by atoms with Crippen LogP contribution in [0.25, 0.3) is 0 Å². The molecule has 3 rings (SSSR count). The van der Waals surface area contributed by atoms with Gasteiger partial charge in [-0.15, -0.1) is 0 Å². The monoisotopic (exact) mass is 355 g/mol. The second-order valence-electron chi connectivity index (χ2n) is 6.47. The van der Waals surface area contributed by atoms with E-state index in [-0.39, 0.29) is 5.97 Å². The number of ether oxygens (including phenoxy) is 1. The van der Waals surface area contributed by atoms with Crippen LogP contribution < -0.4 is 10.2 Å². The summed E-state index contributed by atoms with van der Waals surface area (Å²) >= 11 is 0. The van der Waals surface area contributed by atoms with Gasteiger partial charge >= 0.3 is 5.97 Å². The Bertz CT molecular complexity index is 735. The highest BCUT2D eigenvalue weighted by atomic mass is 16.5. The Morgan fingerprint density at radius 1 is 1.27 bits per heavy atom. The highest BCUT2D eigenvalue weighted by molar-refractivity contribution is 5.89. The first-order chi connectivity index (χ1) is 12.5. The van der Waals surface area contributed by atoms with E-state index in [9.17, 15) is 4.79 Å². The standard InChI is InChI=1S/C19H25N5O2/c1-4-26-19(25)15-5-6-17(20-12-15)23-16-7-9-24(10-8-16)18-11-13(2)21-14(3)22-18/h5-6,11-12,16H,4,7-10H2,1-3H3,(H,20,23). The number of aromatic nitrogens is 3. The Balaban J connectivity index is 1.54. The molecular formula is C19H25N5O2. The quantitative estimate of drug-likeness (QED) is 0.826. The van der Waals surface area contributed by atoms with E-state index in [4.69, 9.17) is 4.74 Å². The van der Waals surface area contributed by atoms with Crippen LogP contribution >= 0.6 is 0 Å². The molecule has 138 valence electrons. The average Bonchev–Trinajstić information content (AvgIpc) is 2.62. The lowest BCUT2D eigenvalue weighted by Crippen LogP contribution is -2.39. The number of rotatable bonds is 5. The van der Waals surface area contributed by atoms with Crippen LogP contribution in [0.4, 0.5) is 11.6 Å². The Hall–Kier alpha value is -2.70. The third-order valence-corrected chi connectivity index (χ3v) is 4.40. The fourth-order valence-electron chi connectivity index (χ4n) is 3.14. The third kappa shape index (κ3) is 4.47. The molecule has 3 heterocycles. The van der Waals surface area contributed by atoms with Gasteiger partial charge in [-0.1, -0.05) is 0 Å². The lowest BCUT2D eigenvalue weighted by atomic mass is 10.0. The van der Waals surface area contributed by atoms with Gasteiger partial charge in [0, 0.05) is 37.1 Å². The molecule has 0 unspecified atom stereocenters. The van der Waals surface area contributed by atoms with Crippen LogP contribution in [0.3, 0.4) is 0 Å². The lowest BCUT2D eigenvalue weighted by Gasteiger charge is -2.33. The molecule has 0 amide bonds. The van der Waals surface area contributed by atoms with Crippen molar-refractivity contribution in [2.45, 2.75) is 39.7 Å². The average molecular weight is 355 g/mol. The largest absolute Gasteiger partial charge is 0.462 e. The second-order valence-corrected chi connectivity index (χ2v) is 6.47. The summed E-state index contributed by atoms with van der Waals surface area (Å²) in [5.74, 6) is 2.26. The van der Waals surface area contributed by atoms with Crippen molar-refractivity contribution in [3.8, 4) is 0 Å². The van der Waals surface area contributed by atoms with E-state index in [2.05, 4.69) is 25.2 Å². The summed E-state index contributed by atoms with van der Waals surface area (Å²) in [5, 5.41) is 3.45. The van der Waals surface area contributed by atoms with Crippen molar-refractivity contribution in [1.29, 1.82) is 0 Å². The molecule has 7 nitrogen and oxygen atoms in total. The predicted octanol–water partition coefficient (Wildman–Crippen LogP) is 2.75. The first-order valence-corrected chi connectivity index (χ1v) is 9.02. The molecule has 0 aliphatic carbocycles. The van der Waals surface area contributed by atoms with Gasteiger partial charge in [-0.05, 0) is 45.7 Å². The number of anilines is 2. The van der Waals surface area contributed by atoms with E-state index in [1.165, 1.54) is 0 Å². The van der Waals surface area contributed by atoms with Gasteiger partial charge in [0.05, 0.1) is 12.2 Å². The molecule has 2 aromatic heterocycles. The Labute approximate surface area is 153 Å². The van der Waals surface area contributed by atoms with Crippen LogP contribution in [-0.4, -0.2) is 46.7 Å². The van der Waals surface area contributed by atoms with Crippen LogP contribution in [0.1, 0.15) is 41.6 Å². The van der Waals surface area contributed by atoms with Gasteiger partial charge in [0.1, 0.15) is 17.5 Å². The summed E-state index contributed by atoms with van der Waals surface area (Å²) in [5.41, 5.74) is 1.47. The van der Waals surface area contributed by atoms with Crippen molar-refractivity contribution in [3.63, 3.8) is 0 Å². The summed E-state index contributed by atoms with van der Waals surface area (Å²) in [6.45, 7) is 7.96. The minimum Gasteiger partial charge on any atom is -0.462 e. The van der Waals surface area contributed by atoms with E-state index in [1.54, 1.807) is 19.2 Å². The minimum absolute atomic E-state index is 0.338. The van der Waals surface area contributed by atoms with Gasteiger partial charge in [-0.3, -0.25) is 0 Å². The Kier molecular flexibility index (Phi) is 5.65. The zero-order chi connectivity index (χ0) is 18.5. The number of carbonyl (C=O) groups is 1. The number of carbonyl (C=O) groups excluding carboxylic acids is 1. The molecule has 0 aromatic carbocycles. The van der Waals surface area contributed by atoms with Gasteiger partial charge in [-0.25, -0.2) is 19.7 Å². The number of esters is 1. The Morgan fingerprint density at radius 3 is 2.65 bits per heavy atom. The number of piperidine rings is 1. The maximum absolute atomic E-state index is 11.7. The maximum Gasteiger partial charge on any atom is 0.339 e. The summed E-state index contributed by atoms with van der Waals surface area (Å²) in [6.07, 6.45) is 3.56. The topological polar surface area (TPSA) is 80.2 Å². The van der Waals surface area contributed by atoms with Crippen LogP contribution in [-0.2, 0) is 4.74 Å². The van der Waals surface area contributed by atoms with Crippen molar-refractivity contribution in [2.75, 3.05) is 29.9 Å². The van der Waals surface area contributed by atoms with Gasteiger partial charge < -0.3 is 15.0 Å². The molecule has 1 aliphatic heterocycles. The van der Waals surface area contributed by atoms with Gasteiger partial charge in [0.25, 0.3) is 0 Å². The van der Waals surface area contributed by atoms with Crippen molar-refractivity contribution < 1.29 is 9.53 Å². The Morgan fingerprint density at radius 2 is 2.04 bits per heavy atom. The van der Waals surface area contributed by atoms with E-state index >= 15 is 0 Å². The van der Waals surface area contributed by atoms with Crippen molar-refractivity contribution in [3.05, 3.63) is 41.5 Å². The predicted molar refractivity (Wildman–Crippen MR) is 101 cm³/mol. The van der Waals surface area contributed by atoms with Crippen LogP contribution in [0.15, 0.2) is 24.4 Å². The molecule has 26 heavy (non-hydrogen) atoms. The van der Waals surface area contributed by atoms with E-state index in [0.717, 1.165) is 49.1 Å². The van der Waals surface area contributed by atoms with Gasteiger partial charge in [-0.2, -0.15) is 0 Å². The van der Waals surface area contributed by atoms with Crippen molar-refractivity contribution >= 4 is 17.6 Å². The molecule has 7 heteroatoms. The van der Waals surface area contributed by atoms with Crippen LogP contribution in [0.2, 0.25) is 0 Å². The molecule has 0 bridgehead atoms. The molecule has 1 N–H and O–H groups in total. The van der Waals surface area contributed by atoms with E-state index in [1.807, 2.05) is 26.0 Å². The molecule has 0 radical (unpaired) electrons. The summed E-state index contributed by atoms with van der Waals surface area (Å²) in [4.78, 5) is 27.2. The zero-order valence-corrected chi connectivity index (χ0v) is 15.5. The summed E-state index contributed by atoms with van der Waals surface area (Å²) < 4.78 is 4.97. The molecule has 0 atom stereocenters. The SMILES string of the molecule is CCOC(=O)c1ccc(NC2CCN(c3cc(C)nc(C)n3)CC2)nc1. The van der Waals surface area contributed by atoms with Crippen molar-refractivity contribution in [1.82, 2.24) is 15.0 Å². The highest BCUT2D eigenvalue weighted by Gasteiger charge is 2.21. The number of pyridine rings is 1. The fraction of sp³-hybridized carbons (Fsp3) is 0.474. The highest BCUT2D eigenvalue weighted by Crippen LogP contribution is 2.21. The molecule has 2 aromatic rings. The van der Waals surface area contributed by atoms with E-state index < -0.39 is 0 Å². The first kappa shape index (κ1) is 18.1. The minimum atomic E-state index is -0.338. The van der Waals surface area contributed by atoms with Crippen LogP contribution in [0.5, 0.6) is 0 Å². The summed E-state index contributed by atoms with van der Waals surface area (Å²) in [7, 11) is 0. The zero-order valence-electron chi connectivity index (χ0n) is 15.5. The van der Waals surface area contributed by atoms with E-state index in [0.29, 0.717) is 18.2 Å². The first-order valence-electron chi connectivity index (χ1n) is 9.02. The number of aryl methyl sites for hydroxylation is 2. The second kappa shape index (κ2) is 8.12. The molecule has 1 aliphatic rings. The van der Waals surface area contributed by atoms with Crippen molar-refractivity contribution in [2.24, 2.45) is 0 Å². The maximum atomic E-state index is 11.7. The molecule has 0 saturated carbocycles. The number of nitrogens with zero attached hydrogens (tertiary/aromatic N) is 4. The smallest absolute Gasteiger partial charge is 0.339 e. The fourth-order valence-corrected chi connectivity index (χ4v) is 3.14. The van der Waals surface area contributed by atoms with Gasteiger partial charge in [0.2, 0.25) is 0 Å². The van der Waals surface area contributed by atoms with Gasteiger partial charge in [0.15, 0.2) is 0 Å². The lowest BCUT2D eigenvalue weighted by molar-refractivity contribution is 0.0526. The number of hydrogen-bond donors (Lipinski definition) is 1. The third-order valence-electron chi connectivity index (χ3n) is 4.40.